The number of hydrogen-bond acceptors (Lipinski definition) is 3. The zero-order valence-electron chi connectivity index (χ0n) is 9.10. The van der Waals surface area contributed by atoms with E-state index in [9.17, 15) is 13.6 Å². The van der Waals surface area contributed by atoms with Gasteiger partial charge >= 0.3 is 12.6 Å². The third kappa shape index (κ3) is 3.99. The molecule has 1 rings (SSSR count). The van der Waals surface area contributed by atoms with Crippen molar-refractivity contribution in [3.63, 3.8) is 0 Å². The molecule has 6 heteroatoms. The first-order chi connectivity index (χ1) is 8.04. The first kappa shape index (κ1) is 13.4. The number of aliphatic carboxylic acids is 1. The average Bonchev–Trinajstić information content (AvgIpc) is 2.24. The van der Waals surface area contributed by atoms with E-state index in [-0.39, 0.29) is 17.9 Å². The predicted octanol–water partition coefficient (Wildman–Crippen LogP) is 2.45. The number of hydrogen-bond donors (Lipinski definition) is 1. The van der Waals surface area contributed by atoms with E-state index in [0.29, 0.717) is 0 Å². The number of halogens is 2. The van der Waals surface area contributed by atoms with Crippen molar-refractivity contribution < 1.29 is 28.2 Å². The Kier molecular flexibility index (Phi) is 4.84. The predicted molar refractivity (Wildman–Crippen MR) is 55.1 cm³/mol. The summed E-state index contributed by atoms with van der Waals surface area (Å²) in [4.78, 5) is 10.9. The topological polar surface area (TPSA) is 55.8 Å². The van der Waals surface area contributed by atoms with Crippen molar-refractivity contribution in [2.45, 2.75) is 19.6 Å². The molecule has 0 bridgehead atoms. The lowest BCUT2D eigenvalue weighted by molar-refractivity contribution is -0.150. The maximum atomic E-state index is 12.0. The van der Waals surface area contributed by atoms with Crippen molar-refractivity contribution >= 4 is 5.97 Å². The second-order valence-electron chi connectivity index (χ2n) is 3.12. The third-order valence-electron chi connectivity index (χ3n) is 1.94. The van der Waals surface area contributed by atoms with Crippen molar-refractivity contribution in [1.29, 1.82) is 0 Å². The van der Waals surface area contributed by atoms with Gasteiger partial charge < -0.3 is 14.6 Å². The maximum Gasteiger partial charge on any atom is 0.387 e. The van der Waals surface area contributed by atoms with Gasteiger partial charge in [-0.3, -0.25) is 0 Å². The highest BCUT2D eigenvalue weighted by Crippen LogP contribution is 2.23. The number of carboxylic acid groups (broad SMARTS) is 1. The zero-order chi connectivity index (χ0) is 12.8. The van der Waals surface area contributed by atoms with Crippen LogP contribution in [-0.2, 0) is 9.53 Å². The van der Waals surface area contributed by atoms with Crippen LogP contribution >= 0.6 is 0 Å². The second kappa shape index (κ2) is 6.15. The third-order valence-corrected chi connectivity index (χ3v) is 1.94. The molecule has 0 fully saturated rings. The number of carboxylic acids is 1. The van der Waals surface area contributed by atoms with Gasteiger partial charge in [-0.25, -0.2) is 4.79 Å². The van der Waals surface area contributed by atoms with Crippen molar-refractivity contribution in [2.75, 3.05) is 6.61 Å². The summed E-state index contributed by atoms with van der Waals surface area (Å²) in [6.45, 7) is -1.09. The lowest BCUT2D eigenvalue weighted by Gasteiger charge is -2.13. The number of rotatable bonds is 6. The molecule has 0 heterocycles. The average molecular weight is 246 g/mol. The lowest BCUT2D eigenvalue weighted by atomic mass is 10.1. The highest BCUT2D eigenvalue weighted by molar-refractivity contribution is 5.74. The van der Waals surface area contributed by atoms with Crippen LogP contribution in [0.2, 0.25) is 0 Å². The standard InChI is InChI=1S/C11H12F2O4/c1-2-16-9(10(14)15)7-4-3-5-8(6-7)17-11(12)13/h3-6,9,11H,2H2,1H3,(H,14,15). The minimum Gasteiger partial charge on any atom is -0.479 e. The highest BCUT2D eigenvalue weighted by atomic mass is 19.3. The van der Waals surface area contributed by atoms with Gasteiger partial charge in [-0.05, 0) is 24.6 Å². The molecule has 0 amide bonds. The Morgan fingerprint density at radius 3 is 2.71 bits per heavy atom. The summed E-state index contributed by atoms with van der Waals surface area (Å²) >= 11 is 0. The molecule has 1 unspecified atom stereocenters. The van der Waals surface area contributed by atoms with Crippen LogP contribution in [0.25, 0.3) is 0 Å². The molecule has 4 nitrogen and oxygen atoms in total. The van der Waals surface area contributed by atoms with E-state index in [1.54, 1.807) is 6.92 Å². The van der Waals surface area contributed by atoms with E-state index in [2.05, 4.69) is 4.74 Å². The van der Waals surface area contributed by atoms with Gasteiger partial charge in [0.2, 0.25) is 0 Å². The molecule has 17 heavy (non-hydrogen) atoms. The molecule has 1 aromatic rings. The zero-order valence-corrected chi connectivity index (χ0v) is 9.10. The fourth-order valence-electron chi connectivity index (χ4n) is 1.33. The van der Waals surface area contributed by atoms with Gasteiger partial charge in [-0.15, -0.1) is 0 Å². The van der Waals surface area contributed by atoms with E-state index in [0.717, 1.165) is 0 Å². The van der Waals surface area contributed by atoms with Gasteiger partial charge in [0.15, 0.2) is 6.10 Å². The second-order valence-corrected chi connectivity index (χ2v) is 3.12. The molecular weight excluding hydrogens is 234 g/mol. The number of carbonyl (C=O) groups is 1. The lowest BCUT2D eigenvalue weighted by Crippen LogP contribution is -2.15. The van der Waals surface area contributed by atoms with Gasteiger partial charge in [0.25, 0.3) is 0 Å². The molecule has 1 atom stereocenters. The Hall–Kier alpha value is -1.69. The van der Waals surface area contributed by atoms with E-state index in [1.165, 1.54) is 24.3 Å². The molecule has 0 spiro atoms. The first-order valence-electron chi connectivity index (χ1n) is 4.93. The number of alkyl halides is 2. The van der Waals surface area contributed by atoms with Crippen LogP contribution in [0.3, 0.4) is 0 Å². The van der Waals surface area contributed by atoms with Crippen LogP contribution in [0.4, 0.5) is 8.78 Å². The Labute approximate surface area is 96.8 Å². The first-order valence-corrected chi connectivity index (χ1v) is 4.93. The van der Waals surface area contributed by atoms with Crippen molar-refractivity contribution in [1.82, 2.24) is 0 Å². The normalized spacial score (nSPS) is 12.5. The molecule has 1 N–H and O–H groups in total. The quantitative estimate of drug-likeness (QED) is 0.837. The SMILES string of the molecule is CCOC(C(=O)O)c1cccc(OC(F)F)c1. The summed E-state index contributed by atoms with van der Waals surface area (Å²) in [6, 6.07) is 5.45. The summed E-state index contributed by atoms with van der Waals surface area (Å²) < 4.78 is 33.2. The smallest absolute Gasteiger partial charge is 0.387 e. The van der Waals surface area contributed by atoms with Gasteiger partial charge in [0.05, 0.1) is 0 Å². The molecule has 94 valence electrons. The van der Waals surface area contributed by atoms with E-state index in [4.69, 9.17) is 9.84 Å². The Balaban J connectivity index is 2.91. The van der Waals surface area contributed by atoms with Crippen LogP contribution in [0, 0.1) is 0 Å². The fourth-order valence-corrected chi connectivity index (χ4v) is 1.33. The van der Waals surface area contributed by atoms with Crippen molar-refractivity contribution in [2.24, 2.45) is 0 Å². The van der Waals surface area contributed by atoms with Crippen LogP contribution < -0.4 is 4.74 Å². The Morgan fingerprint density at radius 2 is 2.18 bits per heavy atom. The van der Waals surface area contributed by atoms with E-state index >= 15 is 0 Å². The van der Waals surface area contributed by atoms with Crippen LogP contribution in [0.5, 0.6) is 5.75 Å². The fraction of sp³-hybridized carbons (Fsp3) is 0.364. The monoisotopic (exact) mass is 246 g/mol. The molecule has 0 aliphatic heterocycles. The summed E-state index contributed by atoms with van der Waals surface area (Å²) in [5.41, 5.74) is 0.262. The Morgan fingerprint density at radius 1 is 1.47 bits per heavy atom. The van der Waals surface area contributed by atoms with E-state index < -0.39 is 18.7 Å². The highest BCUT2D eigenvalue weighted by Gasteiger charge is 2.20. The van der Waals surface area contributed by atoms with Crippen LogP contribution in [-0.4, -0.2) is 24.3 Å². The molecular formula is C11H12F2O4. The molecule has 1 aromatic carbocycles. The largest absolute Gasteiger partial charge is 0.479 e. The van der Waals surface area contributed by atoms with Gasteiger partial charge in [-0.1, -0.05) is 12.1 Å². The Bertz CT molecular complexity index is 381. The van der Waals surface area contributed by atoms with E-state index in [1.807, 2.05) is 0 Å². The minimum absolute atomic E-state index is 0.0940. The molecule has 0 saturated heterocycles. The summed E-state index contributed by atoms with van der Waals surface area (Å²) in [6.07, 6.45) is -1.18. The summed E-state index contributed by atoms with van der Waals surface area (Å²) in [5.74, 6) is -1.27. The van der Waals surface area contributed by atoms with Crippen LogP contribution in [0.15, 0.2) is 24.3 Å². The summed E-state index contributed by atoms with van der Waals surface area (Å²) in [5, 5.41) is 8.92. The molecule has 0 saturated carbocycles. The molecule has 0 aliphatic carbocycles. The molecule has 0 radical (unpaired) electrons. The van der Waals surface area contributed by atoms with Gasteiger partial charge in [-0.2, -0.15) is 8.78 Å². The van der Waals surface area contributed by atoms with Crippen molar-refractivity contribution in [3.05, 3.63) is 29.8 Å². The van der Waals surface area contributed by atoms with Gasteiger partial charge in [0, 0.05) is 6.61 Å². The minimum atomic E-state index is -2.94. The summed E-state index contributed by atoms with van der Waals surface area (Å²) in [7, 11) is 0. The van der Waals surface area contributed by atoms with Crippen molar-refractivity contribution in [3.8, 4) is 5.75 Å². The van der Waals surface area contributed by atoms with Gasteiger partial charge in [0.1, 0.15) is 5.75 Å². The maximum absolute atomic E-state index is 12.0. The van der Waals surface area contributed by atoms with Crippen LogP contribution in [0.1, 0.15) is 18.6 Å². The molecule has 0 aromatic heterocycles. The number of benzene rings is 1. The number of ether oxygens (including phenoxy) is 2. The molecule has 0 aliphatic rings.